The van der Waals surface area contributed by atoms with Crippen LogP contribution in [-0.2, 0) is 9.84 Å². The maximum Gasteiger partial charge on any atom is 0.178 e. The van der Waals surface area contributed by atoms with Gasteiger partial charge in [0.1, 0.15) is 0 Å². The summed E-state index contributed by atoms with van der Waals surface area (Å²) < 4.78 is 24.5. The van der Waals surface area contributed by atoms with Gasteiger partial charge in [0.15, 0.2) is 9.84 Å². The molecule has 0 radical (unpaired) electrons. The van der Waals surface area contributed by atoms with E-state index >= 15 is 0 Å². The van der Waals surface area contributed by atoms with Crippen LogP contribution in [0.3, 0.4) is 0 Å². The first kappa shape index (κ1) is 15.2. The summed E-state index contributed by atoms with van der Waals surface area (Å²) >= 11 is 0. The van der Waals surface area contributed by atoms with Gasteiger partial charge < -0.3 is 5.32 Å². The molecule has 4 heteroatoms. The fraction of sp³-hybridized carbons (Fsp3) is 0.571. The third-order valence-corrected chi connectivity index (χ3v) is 4.94. The summed E-state index contributed by atoms with van der Waals surface area (Å²) in [5.41, 5.74) is 1.93. The van der Waals surface area contributed by atoms with Crippen LogP contribution in [0.2, 0.25) is 0 Å². The molecule has 1 rings (SSSR count). The number of nitrogens with one attached hydrogen (secondary N) is 1. The number of aryl methyl sites for hydroxylation is 2. The Morgan fingerprint density at radius 1 is 1.28 bits per heavy atom. The van der Waals surface area contributed by atoms with Gasteiger partial charge in [-0.2, -0.15) is 0 Å². The average Bonchev–Trinajstić information content (AvgIpc) is 2.26. The first-order chi connectivity index (χ1) is 8.36. The second-order valence-corrected chi connectivity index (χ2v) is 6.91. The van der Waals surface area contributed by atoms with Crippen molar-refractivity contribution in [3.63, 3.8) is 0 Å². The zero-order chi connectivity index (χ0) is 13.8. The molecule has 3 nitrogen and oxygen atoms in total. The molecule has 1 N–H and O–H groups in total. The van der Waals surface area contributed by atoms with E-state index < -0.39 is 9.84 Å². The van der Waals surface area contributed by atoms with Crippen LogP contribution < -0.4 is 5.32 Å². The summed E-state index contributed by atoms with van der Waals surface area (Å²) in [6, 6.07) is 5.72. The second-order valence-electron chi connectivity index (χ2n) is 4.84. The van der Waals surface area contributed by atoms with Gasteiger partial charge in [-0.05, 0) is 45.4 Å². The highest BCUT2D eigenvalue weighted by molar-refractivity contribution is 7.91. The van der Waals surface area contributed by atoms with E-state index in [0.717, 1.165) is 17.7 Å². The number of hydrogen-bond acceptors (Lipinski definition) is 3. The largest absolute Gasteiger partial charge is 0.314 e. The molecule has 1 unspecified atom stereocenters. The minimum absolute atomic E-state index is 0.199. The van der Waals surface area contributed by atoms with Gasteiger partial charge in [0.25, 0.3) is 0 Å². The van der Waals surface area contributed by atoms with Crippen LogP contribution in [0.25, 0.3) is 0 Å². The third-order valence-electron chi connectivity index (χ3n) is 3.04. The minimum atomic E-state index is -3.16. The summed E-state index contributed by atoms with van der Waals surface area (Å²) in [6.45, 7) is 8.73. The Labute approximate surface area is 111 Å². The molecule has 0 bridgehead atoms. The highest BCUT2D eigenvalue weighted by Gasteiger charge is 2.17. The van der Waals surface area contributed by atoms with Crippen molar-refractivity contribution in [1.29, 1.82) is 0 Å². The normalized spacial score (nSPS) is 13.6. The lowest BCUT2D eigenvalue weighted by atomic mass is 10.2. The van der Waals surface area contributed by atoms with Crippen LogP contribution in [0.4, 0.5) is 0 Å². The Morgan fingerprint density at radius 3 is 2.50 bits per heavy atom. The van der Waals surface area contributed by atoms with Gasteiger partial charge in [-0.25, -0.2) is 8.42 Å². The van der Waals surface area contributed by atoms with Crippen molar-refractivity contribution in [2.24, 2.45) is 0 Å². The maximum atomic E-state index is 12.2. The lowest BCUT2D eigenvalue weighted by molar-refractivity contribution is 0.541. The summed E-state index contributed by atoms with van der Waals surface area (Å²) in [5, 5.41) is 3.23. The molecule has 0 heterocycles. The molecule has 0 aliphatic rings. The Morgan fingerprint density at radius 2 is 1.94 bits per heavy atom. The lowest BCUT2D eigenvalue weighted by Gasteiger charge is -2.13. The molecular weight excluding hydrogens is 246 g/mol. The van der Waals surface area contributed by atoms with Crippen LogP contribution in [0.5, 0.6) is 0 Å². The van der Waals surface area contributed by atoms with Crippen molar-refractivity contribution < 1.29 is 8.42 Å². The van der Waals surface area contributed by atoms with Gasteiger partial charge in [-0.3, -0.25) is 0 Å². The summed E-state index contributed by atoms with van der Waals surface area (Å²) in [6.07, 6.45) is 0.642. The first-order valence-corrected chi connectivity index (χ1v) is 8.05. The van der Waals surface area contributed by atoms with Gasteiger partial charge in [-0.15, -0.1) is 0 Å². The van der Waals surface area contributed by atoms with Crippen molar-refractivity contribution in [2.75, 3.05) is 12.3 Å². The zero-order valence-corrected chi connectivity index (χ0v) is 12.5. The van der Waals surface area contributed by atoms with Gasteiger partial charge in [-0.1, -0.05) is 24.6 Å². The van der Waals surface area contributed by atoms with Crippen molar-refractivity contribution >= 4 is 9.84 Å². The van der Waals surface area contributed by atoms with Gasteiger partial charge in [0.2, 0.25) is 0 Å². The molecule has 0 aromatic heterocycles. The number of sulfone groups is 1. The molecule has 0 fully saturated rings. The van der Waals surface area contributed by atoms with E-state index in [9.17, 15) is 8.42 Å². The Kier molecular flexibility index (Phi) is 5.35. The lowest BCUT2D eigenvalue weighted by Crippen LogP contribution is -2.28. The summed E-state index contributed by atoms with van der Waals surface area (Å²) in [7, 11) is -3.16. The van der Waals surface area contributed by atoms with Crippen LogP contribution in [0.15, 0.2) is 23.1 Å². The molecule has 0 aliphatic heterocycles. The second kappa shape index (κ2) is 6.34. The van der Waals surface area contributed by atoms with Crippen LogP contribution in [0.1, 0.15) is 31.4 Å². The van der Waals surface area contributed by atoms with Crippen molar-refractivity contribution in [2.45, 2.75) is 45.1 Å². The smallest absolute Gasteiger partial charge is 0.178 e. The molecule has 1 aromatic carbocycles. The Bertz CT molecular complexity index is 495. The quantitative estimate of drug-likeness (QED) is 0.863. The van der Waals surface area contributed by atoms with Gasteiger partial charge in [0, 0.05) is 6.04 Å². The molecule has 18 heavy (non-hydrogen) atoms. The van der Waals surface area contributed by atoms with Gasteiger partial charge >= 0.3 is 0 Å². The number of benzene rings is 1. The van der Waals surface area contributed by atoms with Crippen LogP contribution in [0, 0.1) is 13.8 Å². The van der Waals surface area contributed by atoms with Crippen LogP contribution in [-0.4, -0.2) is 26.8 Å². The molecule has 0 spiro atoms. The Balaban J connectivity index is 2.80. The third kappa shape index (κ3) is 4.10. The molecule has 0 saturated heterocycles. The standard InChI is InChI=1S/C14H23NO2S/c1-5-15-13(4)8-9-18(16,17)14-7-6-11(2)10-12(14)3/h6-7,10,13,15H,5,8-9H2,1-4H3. The number of hydrogen-bond donors (Lipinski definition) is 1. The minimum Gasteiger partial charge on any atom is -0.314 e. The monoisotopic (exact) mass is 269 g/mol. The van der Waals surface area contributed by atoms with E-state index in [2.05, 4.69) is 5.32 Å². The molecular formula is C14H23NO2S. The van der Waals surface area contributed by atoms with Crippen molar-refractivity contribution in [3.8, 4) is 0 Å². The fourth-order valence-corrected chi connectivity index (χ4v) is 3.75. The van der Waals surface area contributed by atoms with E-state index in [1.807, 2.05) is 39.8 Å². The molecule has 0 aliphatic carbocycles. The van der Waals surface area contributed by atoms with Crippen molar-refractivity contribution in [1.82, 2.24) is 5.32 Å². The van der Waals surface area contributed by atoms with Crippen molar-refractivity contribution in [3.05, 3.63) is 29.3 Å². The predicted molar refractivity (Wildman–Crippen MR) is 75.7 cm³/mol. The first-order valence-electron chi connectivity index (χ1n) is 6.40. The Hall–Kier alpha value is -0.870. The van der Waals surface area contributed by atoms with Crippen LogP contribution >= 0.6 is 0 Å². The van der Waals surface area contributed by atoms with Gasteiger partial charge in [0.05, 0.1) is 10.6 Å². The van der Waals surface area contributed by atoms with E-state index in [-0.39, 0.29) is 11.8 Å². The predicted octanol–water partition coefficient (Wildman–Crippen LogP) is 2.47. The van der Waals surface area contributed by atoms with E-state index in [0.29, 0.717) is 11.3 Å². The van der Waals surface area contributed by atoms with E-state index in [1.54, 1.807) is 6.07 Å². The molecule has 1 atom stereocenters. The SMILES string of the molecule is CCNC(C)CCS(=O)(=O)c1ccc(C)cc1C. The maximum absolute atomic E-state index is 12.2. The summed E-state index contributed by atoms with van der Waals surface area (Å²) in [5.74, 6) is 0.199. The summed E-state index contributed by atoms with van der Waals surface area (Å²) in [4.78, 5) is 0.469. The topological polar surface area (TPSA) is 46.2 Å². The highest BCUT2D eigenvalue weighted by Crippen LogP contribution is 2.18. The van der Waals surface area contributed by atoms with E-state index in [4.69, 9.17) is 0 Å². The molecule has 0 amide bonds. The van der Waals surface area contributed by atoms with E-state index in [1.165, 1.54) is 0 Å². The fourth-order valence-electron chi connectivity index (χ4n) is 2.04. The highest BCUT2D eigenvalue weighted by atomic mass is 32.2. The zero-order valence-electron chi connectivity index (χ0n) is 11.7. The number of rotatable bonds is 6. The average molecular weight is 269 g/mol. The molecule has 102 valence electrons. The molecule has 0 saturated carbocycles. The molecule has 1 aromatic rings.